The highest BCUT2D eigenvalue weighted by molar-refractivity contribution is 6.01. The van der Waals surface area contributed by atoms with E-state index in [-0.39, 0.29) is 11.1 Å². The molecule has 1 rings (SSSR count). The molecule has 9 nitrogen and oxygen atoms in total. The summed E-state index contributed by atoms with van der Waals surface area (Å²) >= 11 is 0. The lowest BCUT2D eigenvalue weighted by Crippen LogP contribution is -2.31. The third kappa shape index (κ3) is 5.30. The van der Waals surface area contributed by atoms with E-state index in [1.54, 1.807) is 40.7 Å². The Labute approximate surface area is 163 Å². The molecule has 0 aliphatic heterocycles. The molecule has 0 spiro atoms. The molecule has 0 bridgehead atoms. The van der Waals surface area contributed by atoms with Crippen LogP contribution >= 0.6 is 0 Å². The molecule has 9 heteroatoms. The second-order valence-corrected chi connectivity index (χ2v) is 6.93. The zero-order valence-corrected chi connectivity index (χ0v) is 16.5. The van der Waals surface area contributed by atoms with Crippen LogP contribution in [0.3, 0.4) is 0 Å². The summed E-state index contributed by atoms with van der Waals surface area (Å²) in [5.74, 6) is -2.48. The number of amides is 1. The second-order valence-electron chi connectivity index (χ2n) is 6.93. The predicted octanol–water partition coefficient (Wildman–Crippen LogP) is 3.03. The number of nitriles is 1. The Morgan fingerprint density at radius 1 is 1.32 bits per heavy atom. The highest BCUT2D eigenvalue weighted by Crippen LogP contribution is 2.38. The van der Waals surface area contributed by atoms with Crippen molar-refractivity contribution in [1.82, 2.24) is 4.90 Å². The Balaban J connectivity index is 3.51. The number of carbonyl (C=O) groups is 2. The number of phenolic OH excluding ortho intramolecular Hbond substituents is 1. The minimum Gasteiger partial charge on any atom is -0.499 e. The number of phenols is 1. The van der Waals surface area contributed by atoms with Gasteiger partial charge in [0.15, 0.2) is 5.75 Å². The van der Waals surface area contributed by atoms with Crippen LogP contribution < -0.4 is 4.74 Å². The normalized spacial score (nSPS) is 11.5. The molecule has 150 valence electrons. The van der Waals surface area contributed by atoms with Crippen LogP contribution in [0.15, 0.2) is 17.7 Å². The Hall–Kier alpha value is -3.41. The fourth-order valence-electron chi connectivity index (χ4n) is 2.16. The number of rotatable bonds is 6. The number of benzene rings is 1. The first kappa shape index (κ1) is 22.6. The largest absolute Gasteiger partial charge is 0.499 e. The van der Waals surface area contributed by atoms with Gasteiger partial charge in [0, 0.05) is 19.2 Å². The number of aromatic hydroxyl groups is 1. The molecule has 1 amide bonds. The molecule has 1 aromatic carbocycles. The first-order chi connectivity index (χ1) is 13.0. The quantitative estimate of drug-likeness (QED) is 0.197. The fourth-order valence-corrected chi connectivity index (χ4v) is 2.16. The summed E-state index contributed by atoms with van der Waals surface area (Å²) in [6.45, 7) is 9.04. The van der Waals surface area contributed by atoms with Crippen LogP contribution in [0, 0.1) is 26.9 Å². The van der Waals surface area contributed by atoms with Crippen LogP contribution in [-0.2, 0) is 9.59 Å². The number of ether oxygens (including phenoxy) is 1. The molecule has 0 fully saturated rings. The van der Waals surface area contributed by atoms with Gasteiger partial charge in [-0.1, -0.05) is 0 Å². The van der Waals surface area contributed by atoms with E-state index in [0.717, 1.165) is 12.1 Å². The Kier molecular flexibility index (Phi) is 7.27. The molecule has 0 atom stereocenters. The number of carbonyl (C=O) groups excluding carboxylic acids is 2. The van der Waals surface area contributed by atoms with Gasteiger partial charge >= 0.3 is 11.7 Å². The smallest absolute Gasteiger partial charge is 0.316 e. The maximum absolute atomic E-state index is 12.4. The van der Waals surface area contributed by atoms with Crippen molar-refractivity contribution in [2.75, 3.05) is 13.1 Å². The third-order valence-electron chi connectivity index (χ3n) is 3.80. The second kappa shape index (κ2) is 8.99. The Bertz CT molecular complexity index is 858. The van der Waals surface area contributed by atoms with Gasteiger partial charge in [0.05, 0.1) is 10.3 Å². The van der Waals surface area contributed by atoms with Crippen molar-refractivity contribution < 1.29 is 24.4 Å². The molecular formula is C19H23N3O6. The van der Waals surface area contributed by atoms with Crippen molar-refractivity contribution in [1.29, 1.82) is 5.26 Å². The van der Waals surface area contributed by atoms with E-state index < -0.39 is 39.4 Å². The van der Waals surface area contributed by atoms with E-state index in [0.29, 0.717) is 13.1 Å². The predicted molar refractivity (Wildman–Crippen MR) is 101 cm³/mol. The SMILES string of the molecule is CCN(CC)C(=O)/C(C#N)=C/c1cc(OC(=O)C(C)(C)C)c(O)c([N+](=O)[O-])c1. The number of likely N-dealkylation sites (N-methyl/N-ethyl adjacent to an activating group) is 1. The van der Waals surface area contributed by atoms with Crippen LogP contribution in [0.1, 0.15) is 40.2 Å². The molecule has 1 aromatic rings. The van der Waals surface area contributed by atoms with Gasteiger partial charge in [0.1, 0.15) is 11.6 Å². The minimum absolute atomic E-state index is 0.0678. The van der Waals surface area contributed by atoms with E-state index in [1.165, 1.54) is 11.0 Å². The van der Waals surface area contributed by atoms with Crippen LogP contribution in [-0.4, -0.2) is 39.9 Å². The Morgan fingerprint density at radius 2 is 1.89 bits per heavy atom. The van der Waals surface area contributed by atoms with Crippen molar-refractivity contribution in [3.8, 4) is 17.6 Å². The lowest BCUT2D eigenvalue weighted by molar-refractivity contribution is -0.385. The van der Waals surface area contributed by atoms with Crippen molar-refractivity contribution in [2.24, 2.45) is 5.41 Å². The van der Waals surface area contributed by atoms with Gasteiger partial charge in [-0.25, -0.2) is 0 Å². The van der Waals surface area contributed by atoms with Gasteiger partial charge < -0.3 is 14.7 Å². The number of nitrogens with zero attached hydrogens (tertiary/aromatic N) is 3. The van der Waals surface area contributed by atoms with Crippen molar-refractivity contribution >= 4 is 23.6 Å². The summed E-state index contributed by atoms with van der Waals surface area (Å²) in [6, 6.07) is 3.94. The standard InChI is InChI=1S/C19H23N3O6/c1-6-21(7-2)17(24)13(11-20)8-12-9-14(22(26)27)16(23)15(10-12)28-18(25)19(3,4)5/h8-10,23H,6-7H2,1-5H3/b13-8+. The van der Waals surface area contributed by atoms with E-state index in [2.05, 4.69) is 0 Å². The maximum atomic E-state index is 12.4. The highest BCUT2D eigenvalue weighted by Gasteiger charge is 2.28. The van der Waals surface area contributed by atoms with Crippen molar-refractivity contribution in [3.05, 3.63) is 33.4 Å². The van der Waals surface area contributed by atoms with Gasteiger partial charge in [-0.3, -0.25) is 19.7 Å². The van der Waals surface area contributed by atoms with E-state index >= 15 is 0 Å². The highest BCUT2D eigenvalue weighted by atomic mass is 16.6. The zero-order valence-electron chi connectivity index (χ0n) is 16.5. The van der Waals surface area contributed by atoms with Crippen molar-refractivity contribution in [2.45, 2.75) is 34.6 Å². The Morgan fingerprint density at radius 3 is 2.32 bits per heavy atom. The summed E-state index contributed by atoms with van der Waals surface area (Å²) in [5, 5.41) is 30.6. The average Bonchev–Trinajstić information content (AvgIpc) is 2.61. The van der Waals surface area contributed by atoms with Crippen LogP contribution in [0.25, 0.3) is 6.08 Å². The third-order valence-corrected chi connectivity index (χ3v) is 3.80. The molecule has 0 aliphatic carbocycles. The summed E-state index contributed by atoms with van der Waals surface area (Å²) in [6.07, 6.45) is 1.15. The number of hydrogen-bond donors (Lipinski definition) is 1. The number of esters is 1. The molecule has 28 heavy (non-hydrogen) atoms. The first-order valence-corrected chi connectivity index (χ1v) is 8.60. The summed E-state index contributed by atoms with van der Waals surface area (Å²) in [5.41, 5.74) is -1.79. The van der Waals surface area contributed by atoms with Gasteiger partial charge in [-0.2, -0.15) is 5.26 Å². The lowest BCUT2D eigenvalue weighted by Gasteiger charge is -2.18. The lowest BCUT2D eigenvalue weighted by atomic mass is 9.97. The van der Waals surface area contributed by atoms with Gasteiger partial charge in [0.25, 0.3) is 5.91 Å². The van der Waals surface area contributed by atoms with Crippen LogP contribution in [0.5, 0.6) is 11.5 Å². The molecule has 0 heterocycles. The zero-order chi connectivity index (χ0) is 21.6. The maximum Gasteiger partial charge on any atom is 0.316 e. The first-order valence-electron chi connectivity index (χ1n) is 8.60. The minimum atomic E-state index is -0.913. The fraction of sp³-hybridized carbons (Fsp3) is 0.421. The van der Waals surface area contributed by atoms with E-state index in [9.17, 15) is 30.1 Å². The molecule has 0 aromatic heterocycles. The summed E-state index contributed by atoms with van der Waals surface area (Å²) < 4.78 is 5.11. The summed E-state index contributed by atoms with van der Waals surface area (Å²) in [4.78, 5) is 36.3. The van der Waals surface area contributed by atoms with E-state index in [4.69, 9.17) is 4.74 Å². The molecule has 0 saturated carbocycles. The molecule has 0 saturated heterocycles. The number of nitro groups is 1. The van der Waals surface area contributed by atoms with Crippen molar-refractivity contribution in [3.63, 3.8) is 0 Å². The molecule has 1 N–H and O–H groups in total. The van der Waals surface area contributed by atoms with Gasteiger partial charge in [-0.05, 0) is 52.3 Å². The molecule has 0 unspecified atom stereocenters. The molecule has 0 radical (unpaired) electrons. The topological polar surface area (TPSA) is 134 Å². The molecular weight excluding hydrogens is 366 g/mol. The summed E-state index contributed by atoms with van der Waals surface area (Å²) in [7, 11) is 0. The average molecular weight is 389 g/mol. The van der Waals surface area contributed by atoms with Crippen LogP contribution in [0.4, 0.5) is 5.69 Å². The van der Waals surface area contributed by atoms with E-state index in [1.807, 2.05) is 0 Å². The molecule has 0 aliphatic rings. The number of nitro benzene ring substituents is 1. The number of hydrogen-bond acceptors (Lipinski definition) is 7. The van der Waals surface area contributed by atoms with Gasteiger partial charge in [-0.15, -0.1) is 0 Å². The van der Waals surface area contributed by atoms with Gasteiger partial charge in [0.2, 0.25) is 5.75 Å². The van der Waals surface area contributed by atoms with Crippen LogP contribution in [0.2, 0.25) is 0 Å². The monoisotopic (exact) mass is 389 g/mol.